The van der Waals surface area contributed by atoms with Crippen LogP contribution >= 0.6 is 15.9 Å². The minimum absolute atomic E-state index is 0.00267. The third-order valence-electron chi connectivity index (χ3n) is 14.4. The molecule has 0 saturated heterocycles. The molecule has 4 saturated carbocycles. The molecule has 9 aromatic rings. The highest BCUT2D eigenvalue weighted by Crippen LogP contribution is 2.65. The lowest BCUT2D eigenvalue weighted by atomic mass is 9.42. The first-order chi connectivity index (χ1) is 30.1. The molecular formula is C57H45BrN2O. The third kappa shape index (κ3) is 6.09. The molecule has 2 aromatic heterocycles. The number of rotatable bonds is 8. The normalized spacial score (nSPS) is 21.6. The standard InChI is InChI=1S/C57H45BrN2O/c58-46-32-41(56-49(39-13-4-1-5-14-39)20-12-21-50(56)40-15-6-2-7-16-40)33-48(35-46)61-47-23-24-52-51-19-10-11-22-53(51)60(54(52)36-47)55-34-43(25-26-59-55)57(42-17-8-3-9-18-42)44-28-37-27-38(30-44)31-45(57)29-37/h1-26,32-38,44-45H,27-31H2. The van der Waals surface area contributed by atoms with Crippen LogP contribution in [0.25, 0.3) is 61.0 Å². The summed E-state index contributed by atoms with van der Waals surface area (Å²) in [5.74, 6) is 5.56. The Hall–Kier alpha value is -6.23. The van der Waals surface area contributed by atoms with Gasteiger partial charge in [0.05, 0.1) is 11.0 Å². The van der Waals surface area contributed by atoms with E-state index in [-0.39, 0.29) is 5.41 Å². The number of fused-ring (bicyclic) bond motifs is 3. The number of benzene rings is 7. The van der Waals surface area contributed by atoms with Crippen LogP contribution in [0.15, 0.2) is 193 Å². The van der Waals surface area contributed by atoms with E-state index < -0.39 is 0 Å². The first-order valence-electron chi connectivity index (χ1n) is 21.9. The van der Waals surface area contributed by atoms with Crippen LogP contribution in [-0.2, 0) is 5.41 Å². The van der Waals surface area contributed by atoms with Gasteiger partial charge in [-0.3, -0.25) is 4.57 Å². The molecule has 4 fully saturated rings. The fourth-order valence-electron chi connectivity index (χ4n) is 12.3. The SMILES string of the molecule is Brc1cc(Oc2ccc3c4ccccc4n(-c4cc(C5(c6ccccc6)C6CC7CC(C6)CC5C7)ccn4)c3c2)cc(-c2c(-c3ccccc3)cccc2-c2ccccc2)c1. The Kier molecular flexibility index (Phi) is 8.85. The maximum atomic E-state index is 6.90. The van der Waals surface area contributed by atoms with Gasteiger partial charge >= 0.3 is 0 Å². The zero-order valence-corrected chi connectivity index (χ0v) is 35.5. The third-order valence-corrected chi connectivity index (χ3v) is 14.9. The second kappa shape index (κ2) is 14.7. The van der Waals surface area contributed by atoms with Gasteiger partial charge in [0, 0.05) is 32.9 Å². The molecule has 3 nitrogen and oxygen atoms in total. The Labute approximate surface area is 365 Å². The highest BCUT2D eigenvalue weighted by molar-refractivity contribution is 9.10. The van der Waals surface area contributed by atoms with E-state index in [1.54, 1.807) is 0 Å². The van der Waals surface area contributed by atoms with Crippen molar-refractivity contribution >= 4 is 37.7 Å². The maximum absolute atomic E-state index is 6.90. The van der Waals surface area contributed by atoms with Crippen molar-refractivity contribution < 1.29 is 4.74 Å². The van der Waals surface area contributed by atoms with Crippen molar-refractivity contribution in [3.05, 3.63) is 204 Å². The Balaban J connectivity index is 0.979. The fourth-order valence-corrected chi connectivity index (χ4v) is 12.8. The van der Waals surface area contributed by atoms with Crippen LogP contribution in [0.4, 0.5) is 0 Å². The molecule has 2 heterocycles. The predicted molar refractivity (Wildman–Crippen MR) is 253 cm³/mol. The minimum atomic E-state index is -0.00267. The Morgan fingerprint density at radius 2 is 1.11 bits per heavy atom. The molecule has 4 heteroatoms. The highest BCUT2D eigenvalue weighted by Gasteiger charge is 2.58. The van der Waals surface area contributed by atoms with Crippen molar-refractivity contribution in [2.24, 2.45) is 23.7 Å². The minimum Gasteiger partial charge on any atom is -0.457 e. The highest BCUT2D eigenvalue weighted by atomic mass is 79.9. The number of hydrogen-bond donors (Lipinski definition) is 0. The number of para-hydroxylation sites is 1. The molecule has 61 heavy (non-hydrogen) atoms. The van der Waals surface area contributed by atoms with E-state index >= 15 is 0 Å². The summed E-state index contributed by atoms with van der Waals surface area (Å²) < 4.78 is 10.2. The lowest BCUT2D eigenvalue weighted by Gasteiger charge is -2.62. The number of ether oxygens (including phenoxy) is 1. The van der Waals surface area contributed by atoms with Gasteiger partial charge in [-0.1, -0.05) is 143 Å². The van der Waals surface area contributed by atoms with Crippen LogP contribution in [0.5, 0.6) is 11.5 Å². The second-order valence-corrected chi connectivity index (χ2v) is 18.6. The Morgan fingerprint density at radius 1 is 0.492 bits per heavy atom. The van der Waals surface area contributed by atoms with Gasteiger partial charge in [0.1, 0.15) is 17.3 Å². The molecule has 0 aliphatic heterocycles. The molecule has 4 bridgehead atoms. The molecule has 296 valence electrons. The summed E-state index contributed by atoms with van der Waals surface area (Å²) in [7, 11) is 0. The first-order valence-corrected chi connectivity index (χ1v) is 22.7. The van der Waals surface area contributed by atoms with E-state index in [4.69, 9.17) is 9.72 Å². The van der Waals surface area contributed by atoms with Gasteiger partial charge in [0.15, 0.2) is 0 Å². The fraction of sp³-hybridized carbons (Fsp3) is 0.175. The monoisotopic (exact) mass is 852 g/mol. The van der Waals surface area contributed by atoms with Crippen molar-refractivity contribution in [2.75, 3.05) is 0 Å². The average molecular weight is 854 g/mol. The van der Waals surface area contributed by atoms with E-state index in [2.05, 4.69) is 209 Å². The molecule has 0 N–H and O–H groups in total. The molecule has 13 rings (SSSR count). The number of pyridine rings is 1. The molecule has 0 amide bonds. The molecule has 7 aromatic carbocycles. The van der Waals surface area contributed by atoms with Gasteiger partial charge in [0.2, 0.25) is 0 Å². The zero-order valence-electron chi connectivity index (χ0n) is 33.9. The Bertz CT molecular complexity index is 3000. The number of nitrogens with zero attached hydrogens (tertiary/aromatic N) is 2. The summed E-state index contributed by atoms with van der Waals surface area (Å²) >= 11 is 3.88. The lowest BCUT2D eigenvalue weighted by molar-refractivity contribution is -0.0418. The smallest absolute Gasteiger partial charge is 0.137 e. The first kappa shape index (κ1) is 36.6. The topological polar surface area (TPSA) is 27.1 Å². The summed E-state index contributed by atoms with van der Waals surface area (Å²) in [4.78, 5) is 5.17. The molecule has 0 unspecified atom stereocenters. The van der Waals surface area contributed by atoms with Gasteiger partial charge in [-0.15, -0.1) is 0 Å². The van der Waals surface area contributed by atoms with Crippen molar-refractivity contribution in [1.82, 2.24) is 9.55 Å². The average Bonchev–Trinajstić information content (AvgIpc) is 3.63. The van der Waals surface area contributed by atoms with Crippen LogP contribution in [0, 0.1) is 23.7 Å². The molecule has 4 aliphatic carbocycles. The van der Waals surface area contributed by atoms with Gasteiger partial charge < -0.3 is 4.74 Å². The summed E-state index contributed by atoms with van der Waals surface area (Å²) in [5.41, 5.74) is 12.1. The number of hydrogen-bond acceptors (Lipinski definition) is 2. The summed E-state index contributed by atoms with van der Waals surface area (Å²) in [6.45, 7) is 0. The van der Waals surface area contributed by atoms with Crippen LogP contribution in [0.1, 0.15) is 43.2 Å². The summed E-state index contributed by atoms with van der Waals surface area (Å²) in [5, 5.41) is 2.39. The maximum Gasteiger partial charge on any atom is 0.137 e. The lowest BCUT2D eigenvalue weighted by Crippen LogP contribution is -2.56. The van der Waals surface area contributed by atoms with E-state index in [0.29, 0.717) is 11.8 Å². The quantitative estimate of drug-likeness (QED) is 0.152. The van der Waals surface area contributed by atoms with Crippen molar-refractivity contribution in [2.45, 2.75) is 37.5 Å². The van der Waals surface area contributed by atoms with Crippen molar-refractivity contribution in [3.8, 4) is 50.7 Å². The van der Waals surface area contributed by atoms with E-state index in [9.17, 15) is 0 Å². The molecule has 0 spiro atoms. The van der Waals surface area contributed by atoms with Gasteiger partial charge in [-0.2, -0.15) is 0 Å². The van der Waals surface area contributed by atoms with Crippen LogP contribution in [-0.4, -0.2) is 9.55 Å². The molecular weight excluding hydrogens is 809 g/mol. The predicted octanol–water partition coefficient (Wildman–Crippen LogP) is 15.5. The van der Waals surface area contributed by atoms with Gasteiger partial charge in [-0.05, 0) is 149 Å². The van der Waals surface area contributed by atoms with Gasteiger partial charge in [0.25, 0.3) is 0 Å². The molecule has 0 radical (unpaired) electrons. The largest absolute Gasteiger partial charge is 0.457 e. The summed E-state index contributed by atoms with van der Waals surface area (Å²) in [6.07, 6.45) is 8.83. The van der Waals surface area contributed by atoms with Crippen LogP contribution < -0.4 is 4.74 Å². The number of halogens is 1. The number of aromatic nitrogens is 2. The van der Waals surface area contributed by atoms with E-state index in [1.165, 1.54) is 81.8 Å². The van der Waals surface area contributed by atoms with E-state index in [1.807, 2.05) is 0 Å². The zero-order chi connectivity index (χ0) is 40.5. The second-order valence-electron chi connectivity index (χ2n) is 17.7. The van der Waals surface area contributed by atoms with Crippen LogP contribution in [0.3, 0.4) is 0 Å². The van der Waals surface area contributed by atoms with Crippen molar-refractivity contribution in [3.63, 3.8) is 0 Å². The van der Waals surface area contributed by atoms with Crippen molar-refractivity contribution in [1.29, 1.82) is 0 Å². The molecule has 4 aliphatic rings. The summed E-state index contributed by atoms with van der Waals surface area (Å²) in [6, 6.07) is 65.9. The molecule has 0 atom stereocenters. The van der Waals surface area contributed by atoms with E-state index in [0.717, 1.165) is 50.2 Å². The Morgan fingerprint density at radius 3 is 1.80 bits per heavy atom. The van der Waals surface area contributed by atoms with Gasteiger partial charge in [-0.25, -0.2) is 4.98 Å². The van der Waals surface area contributed by atoms with Crippen LogP contribution in [0.2, 0.25) is 0 Å².